The fraction of sp³-hybridized carbons (Fsp3) is 0.923. The first-order chi connectivity index (χ1) is 7.67. The molecule has 0 aromatic heterocycles. The third kappa shape index (κ3) is 4.11. The normalized spacial score (nSPS) is 19.2. The van der Waals surface area contributed by atoms with Crippen LogP contribution in [-0.4, -0.2) is 37.1 Å². The van der Waals surface area contributed by atoms with Gasteiger partial charge in [0.15, 0.2) is 0 Å². The standard InChI is InChI=1S/C13H25N3/c1-11(2)9-16(10-12(8-14)15-3)13-6-4-5-7-13/h11-13,15H,4-7,9-10H2,1-3H3. The minimum Gasteiger partial charge on any atom is -0.304 e. The van der Waals surface area contributed by atoms with Crippen LogP contribution in [0.3, 0.4) is 0 Å². The van der Waals surface area contributed by atoms with Gasteiger partial charge < -0.3 is 5.32 Å². The lowest BCUT2D eigenvalue weighted by Crippen LogP contribution is -2.44. The first-order valence-corrected chi connectivity index (χ1v) is 6.48. The molecule has 1 fully saturated rings. The highest BCUT2D eigenvalue weighted by Crippen LogP contribution is 2.24. The van der Waals surface area contributed by atoms with E-state index in [1.807, 2.05) is 7.05 Å². The smallest absolute Gasteiger partial charge is 0.108 e. The van der Waals surface area contributed by atoms with E-state index >= 15 is 0 Å². The molecule has 0 amide bonds. The Labute approximate surface area is 99.8 Å². The quantitative estimate of drug-likeness (QED) is 0.748. The van der Waals surface area contributed by atoms with Gasteiger partial charge in [-0.3, -0.25) is 4.90 Å². The van der Waals surface area contributed by atoms with Gasteiger partial charge in [0.05, 0.1) is 6.07 Å². The van der Waals surface area contributed by atoms with E-state index in [1.54, 1.807) is 0 Å². The molecule has 0 heterocycles. The van der Waals surface area contributed by atoms with Crippen LogP contribution in [0.5, 0.6) is 0 Å². The minimum atomic E-state index is -0.0284. The number of nitriles is 1. The highest BCUT2D eigenvalue weighted by atomic mass is 15.2. The second-order valence-electron chi connectivity index (χ2n) is 5.26. The predicted octanol–water partition coefficient (Wildman–Crippen LogP) is 2.00. The van der Waals surface area contributed by atoms with Crippen molar-refractivity contribution in [3.63, 3.8) is 0 Å². The average molecular weight is 223 g/mol. The van der Waals surface area contributed by atoms with E-state index in [9.17, 15) is 0 Å². The van der Waals surface area contributed by atoms with E-state index < -0.39 is 0 Å². The van der Waals surface area contributed by atoms with Gasteiger partial charge in [0.2, 0.25) is 0 Å². The summed E-state index contributed by atoms with van der Waals surface area (Å²) in [7, 11) is 1.87. The molecule has 0 aromatic rings. The van der Waals surface area contributed by atoms with Gasteiger partial charge in [-0.2, -0.15) is 5.26 Å². The van der Waals surface area contributed by atoms with Crippen LogP contribution in [0, 0.1) is 17.2 Å². The second-order valence-corrected chi connectivity index (χ2v) is 5.26. The molecule has 3 nitrogen and oxygen atoms in total. The van der Waals surface area contributed by atoms with E-state index in [4.69, 9.17) is 5.26 Å². The van der Waals surface area contributed by atoms with Gasteiger partial charge in [-0.15, -0.1) is 0 Å². The third-order valence-electron chi connectivity index (χ3n) is 3.36. The molecule has 1 atom stereocenters. The monoisotopic (exact) mass is 223 g/mol. The van der Waals surface area contributed by atoms with Crippen LogP contribution < -0.4 is 5.32 Å². The fourth-order valence-electron chi connectivity index (χ4n) is 2.54. The largest absolute Gasteiger partial charge is 0.304 e. The van der Waals surface area contributed by atoms with Gasteiger partial charge >= 0.3 is 0 Å². The highest BCUT2D eigenvalue weighted by molar-refractivity contribution is 4.93. The topological polar surface area (TPSA) is 39.1 Å². The van der Waals surface area contributed by atoms with Crippen molar-refractivity contribution in [2.75, 3.05) is 20.1 Å². The lowest BCUT2D eigenvalue weighted by molar-refractivity contribution is 0.169. The van der Waals surface area contributed by atoms with E-state index in [0.29, 0.717) is 12.0 Å². The van der Waals surface area contributed by atoms with Crippen LogP contribution in [-0.2, 0) is 0 Å². The Hall–Kier alpha value is -0.590. The van der Waals surface area contributed by atoms with Crippen molar-refractivity contribution in [3.8, 4) is 6.07 Å². The molecule has 3 heteroatoms. The van der Waals surface area contributed by atoms with Crippen molar-refractivity contribution in [3.05, 3.63) is 0 Å². The summed E-state index contributed by atoms with van der Waals surface area (Å²) in [5.74, 6) is 0.678. The molecule has 0 radical (unpaired) electrons. The summed E-state index contributed by atoms with van der Waals surface area (Å²) in [5.41, 5.74) is 0. The maximum absolute atomic E-state index is 9.01. The molecule has 0 spiro atoms. The molecular weight excluding hydrogens is 198 g/mol. The molecule has 92 valence electrons. The molecule has 0 saturated heterocycles. The van der Waals surface area contributed by atoms with E-state index in [-0.39, 0.29) is 6.04 Å². The number of nitrogens with one attached hydrogen (secondary N) is 1. The van der Waals surface area contributed by atoms with E-state index in [1.165, 1.54) is 25.7 Å². The third-order valence-corrected chi connectivity index (χ3v) is 3.36. The Bertz CT molecular complexity index is 226. The second kappa shape index (κ2) is 6.88. The molecule has 1 N–H and O–H groups in total. The zero-order chi connectivity index (χ0) is 12.0. The van der Waals surface area contributed by atoms with Gasteiger partial charge in [0.1, 0.15) is 6.04 Å². The average Bonchev–Trinajstić information content (AvgIpc) is 2.76. The molecule has 1 unspecified atom stereocenters. The first kappa shape index (κ1) is 13.5. The number of nitrogens with zero attached hydrogens (tertiary/aromatic N) is 2. The van der Waals surface area contributed by atoms with Gasteiger partial charge in [0.25, 0.3) is 0 Å². The van der Waals surface area contributed by atoms with E-state index in [2.05, 4.69) is 30.1 Å². The van der Waals surface area contributed by atoms with Gasteiger partial charge in [-0.25, -0.2) is 0 Å². The summed E-state index contributed by atoms with van der Waals surface area (Å²) < 4.78 is 0. The number of likely N-dealkylation sites (N-methyl/N-ethyl adjacent to an activating group) is 1. The van der Waals surface area contributed by atoms with Gasteiger partial charge in [0, 0.05) is 19.1 Å². The van der Waals surface area contributed by atoms with Crippen LogP contribution in [0.4, 0.5) is 0 Å². The summed E-state index contributed by atoms with van der Waals surface area (Å²) in [6.07, 6.45) is 5.34. The van der Waals surface area contributed by atoms with Crippen molar-refractivity contribution in [1.82, 2.24) is 10.2 Å². The highest BCUT2D eigenvalue weighted by Gasteiger charge is 2.24. The lowest BCUT2D eigenvalue weighted by atomic mass is 10.1. The molecule has 0 aliphatic heterocycles. The Kier molecular flexibility index (Phi) is 5.79. The first-order valence-electron chi connectivity index (χ1n) is 6.48. The molecule has 1 aliphatic rings. The number of hydrogen-bond acceptors (Lipinski definition) is 3. The van der Waals surface area contributed by atoms with Crippen molar-refractivity contribution >= 4 is 0 Å². The number of rotatable bonds is 6. The molecule has 0 bridgehead atoms. The van der Waals surface area contributed by atoms with Crippen LogP contribution in [0.15, 0.2) is 0 Å². The minimum absolute atomic E-state index is 0.0284. The SMILES string of the molecule is CNC(C#N)CN(CC(C)C)C1CCCC1. The van der Waals surface area contributed by atoms with Gasteiger partial charge in [-0.05, 0) is 25.8 Å². The van der Waals surface area contributed by atoms with Crippen molar-refractivity contribution in [1.29, 1.82) is 5.26 Å². The van der Waals surface area contributed by atoms with Crippen LogP contribution in [0.25, 0.3) is 0 Å². The van der Waals surface area contributed by atoms with Crippen molar-refractivity contribution < 1.29 is 0 Å². The van der Waals surface area contributed by atoms with Crippen molar-refractivity contribution in [2.24, 2.45) is 5.92 Å². The molecule has 1 rings (SSSR count). The van der Waals surface area contributed by atoms with E-state index in [0.717, 1.165) is 13.1 Å². The Morgan fingerprint density at radius 2 is 1.94 bits per heavy atom. The van der Waals surface area contributed by atoms with Crippen LogP contribution in [0.2, 0.25) is 0 Å². The summed E-state index contributed by atoms with van der Waals surface area (Å²) >= 11 is 0. The van der Waals surface area contributed by atoms with Crippen molar-refractivity contribution in [2.45, 2.75) is 51.6 Å². The molecule has 1 saturated carbocycles. The van der Waals surface area contributed by atoms with Crippen LogP contribution >= 0.6 is 0 Å². The fourth-order valence-corrected chi connectivity index (χ4v) is 2.54. The maximum Gasteiger partial charge on any atom is 0.108 e. The Balaban J connectivity index is 2.52. The summed E-state index contributed by atoms with van der Waals surface area (Å²) in [6.45, 7) is 6.49. The summed E-state index contributed by atoms with van der Waals surface area (Å²) in [6, 6.07) is 3.01. The van der Waals surface area contributed by atoms with Gasteiger partial charge in [-0.1, -0.05) is 26.7 Å². The number of hydrogen-bond donors (Lipinski definition) is 1. The maximum atomic E-state index is 9.01. The summed E-state index contributed by atoms with van der Waals surface area (Å²) in [5, 5.41) is 12.1. The molecule has 0 aromatic carbocycles. The lowest BCUT2D eigenvalue weighted by Gasteiger charge is -2.31. The molecular formula is C13H25N3. The predicted molar refractivity (Wildman–Crippen MR) is 67.1 cm³/mol. The zero-order valence-corrected chi connectivity index (χ0v) is 10.9. The van der Waals surface area contributed by atoms with Crippen LogP contribution in [0.1, 0.15) is 39.5 Å². The molecule has 1 aliphatic carbocycles. The zero-order valence-electron chi connectivity index (χ0n) is 10.9. The summed E-state index contributed by atoms with van der Waals surface area (Å²) in [4.78, 5) is 2.52. The molecule has 16 heavy (non-hydrogen) atoms. The Morgan fingerprint density at radius 3 is 2.38 bits per heavy atom. The Morgan fingerprint density at radius 1 is 1.31 bits per heavy atom.